The number of amides is 1. The topological polar surface area (TPSA) is 46.4 Å². The van der Waals surface area contributed by atoms with Crippen LogP contribution in [0.5, 0.6) is 0 Å². The number of aliphatic imine (C=N–C) groups is 1. The van der Waals surface area contributed by atoms with E-state index in [1.807, 2.05) is 48.7 Å². The van der Waals surface area contributed by atoms with Gasteiger partial charge in [-0.25, -0.2) is 4.99 Å². The molecular weight excluding hydrogens is 532 g/mol. The third-order valence-corrected chi connectivity index (χ3v) is 7.70. The molecule has 1 aliphatic rings. The molecule has 0 atom stereocenters. The van der Waals surface area contributed by atoms with Gasteiger partial charge in [-0.05, 0) is 53.7 Å². The van der Waals surface area contributed by atoms with Crippen LogP contribution in [0.2, 0.25) is 20.1 Å². The molecule has 9 heteroatoms. The van der Waals surface area contributed by atoms with Crippen molar-refractivity contribution in [3.63, 3.8) is 0 Å². The fourth-order valence-electron chi connectivity index (χ4n) is 3.67. The summed E-state index contributed by atoms with van der Waals surface area (Å²) in [4.78, 5) is 17.7. The van der Waals surface area contributed by atoms with Crippen LogP contribution in [-0.2, 0) is 11.3 Å². The van der Waals surface area contributed by atoms with Gasteiger partial charge in [0.25, 0.3) is 5.91 Å². The SMILES string of the molecule is O=C1NC(=Nc2cccc(Cl)c2Cl)S/C1=C/c1cn(Cc2ccc(Cl)c(Cl)c2)c2ccccc12. The summed E-state index contributed by atoms with van der Waals surface area (Å²) in [5.74, 6) is -0.219. The molecule has 1 amide bonds. The van der Waals surface area contributed by atoms with E-state index in [0.29, 0.717) is 42.4 Å². The average molecular weight is 547 g/mol. The van der Waals surface area contributed by atoms with Crippen LogP contribution in [0.4, 0.5) is 5.69 Å². The molecular formula is C25H15Cl4N3OS. The predicted molar refractivity (Wildman–Crippen MR) is 145 cm³/mol. The molecule has 170 valence electrons. The highest BCUT2D eigenvalue weighted by Gasteiger charge is 2.25. The lowest BCUT2D eigenvalue weighted by Crippen LogP contribution is -2.19. The Morgan fingerprint density at radius 1 is 0.941 bits per heavy atom. The summed E-state index contributed by atoms with van der Waals surface area (Å²) in [6, 6.07) is 18.8. The molecule has 3 aromatic carbocycles. The number of hydrogen-bond acceptors (Lipinski definition) is 3. The van der Waals surface area contributed by atoms with Crippen molar-refractivity contribution in [2.75, 3.05) is 0 Å². The van der Waals surface area contributed by atoms with E-state index in [9.17, 15) is 4.79 Å². The lowest BCUT2D eigenvalue weighted by atomic mass is 10.1. The van der Waals surface area contributed by atoms with Gasteiger partial charge in [-0.15, -0.1) is 0 Å². The van der Waals surface area contributed by atoms with Gasteiger partial charge in [0.1, 0.15) is 0 Å². The third-order valence-electron chi connectivity index (χ3n) is 5.25. The Labute approximate surface area is 220 Å². The summed E-state index contributed by atoms with van der Waals surface area (Å²) in [5, 5.41) is 6.06. The van der Waals surface area contributed by atoms with Crippen LogP contribution in [0.1, 0.15) is 11.1 Å². The summed E-state index contributed by atoms with van der Waals surface area (Å²) in [5.41, 5.74) is 3.49. The number of carbonyl (C=O) groups excluding carboxylic acids is 1. The van der Waals surface area contributed by atoms with Crippen LogP contribution in [0.25, 0.3) is 17.0 Å². The minimum absolute atomic E-state index is 0.219. The van der Waals surface area contributed by atoms with E-state index in [0.717, 1.165) is 22.0 Å². The summed E-state index contributed by atoms with van der Waals surface area (Å²) >= 11 is 25.8. The monoisotopic (exact) mass is 545 g/mol. The fourth-order valence-corrected chi connectivity index (χ4v) is 5.15. The number of nitrogens with one attached hydrogen (secondary N) is 1. The van der Waals surface area contributed by atoms with E-state index < -0.39 is 0 Å². The molecule has 0 bridgehead atoms. The number of carbonyl (C=O) groups is 1. The first-order valence-corrected chi connectivity index (χ1v) is 12.5. The normalized spacial score (nSPS) is 16.1. The summed E-state index contributed by atoms with van der Waals surface area (Å²) in [6.07, 6.45) is 3.90. The summed E-state index contributed by atoms with van der Waals surface area (Å²) in [6.45, 7) is 0.611. The Morgan fingerprint density at radius 3 is 2.59 bits per heavy atom. The molecule has 4 nitrogen and oxygen atoms in total. The maximum Gasteiger partial charge on any atom is 0.264 e. The number of benzene rings is 3. The number of amidine groups is 1. The number of halogens is 4. The van der Waals surface area contributed by atoms with E-state index >= 15 is 0 Å². The van der Waals surface area contributed by atoms with Crippen molar-refractivity contribution < 1.29 is 4.79 Å². The van der Waals surface area contributed by atoms with Crippen molar-refractivity contribution in [1.82, 2.24) is 9.88 Å². The molecule has 1 N–H and O–H groups in total. The van der Waals surface area contributed by atoms with Gasteiger partial charge in [-0.1, -0.05) is 76.7 Å². The molecule has 5 rings (SSSR count). The fraction of sp³-hybridized carbons (Fsp3) is 0.0400. The number of nitrogens with zero attached hydrogens (tertiary/aromatic N) is 2. The molecule has 0 unspecified atom stereocenters. The van der Waals surface area contributed by atoms with Crippen LogP contribution < -0.4 is 5.32 Å². The Hall–Kier alpha value is -2.41. The van der Waals surface area contributed by atoms with E-state index in [-0.39, 0.29) is 5.91 Å². The van der Waals surface area contributed by atoms with Crippen LogP contribution in [-0.4, -0.2) is 15.6 Å². The minimum Gasteiger partial charge on any atom is -0.342 e. The third kappa shape index (κ3) is 4.72. The maximum atomic E-state index is 12.7. The Balaban J connectivity index is 1.48. The van der Waals surface area contributed by atoms with Crippen LogP contribution in [0, 0.1) is 0 Å². The zero-order chi connectivity index (χ0) is 23.8. The van der Waals surface area contributed by atoms with Crippen molar-refractivity contribution in [3.05, 3.63) is 103 Å². The summed E-state index contributed by atoms with van der Waals surface area (Å²) < 4.78 is 2.12. The van der Waals surface area contributed by atoms with Crippen molar-refractivity contribution in [2.45, 2.75) is 6.54 Å². The highest BCUT2D eigenvalue weighted by atomic mass is 35.5. The first kappa shape index (κ1) is 23.3. The number of aromatic nitrogens is 1. The van der Waals surface area contributed by atoms with Crippen molar-refractivity contribution in [1.29, 1.82) is 0 Å². The van der Waals surface area contributed by atoms with Gasteiger partial charge in [-0.3, -0.25) is 4.79 Å². The molecule has 0 aliphatic carbocycles. The van der Waals surface area contributed by atoms with Gasteiger partial charge in [0.15, 0.2) is 5.17 Å². The number of para-hydroxylation sites is 1. The largest absolute Gasteiger partial charge is 0.342 e. The van der Waals surface area contributed by atoms with Gasteiger partial charge in [0, 0.05) is 29.2 Å². The first-order chi connectivity index (χ1) is 16.4. The van der Waals surface area contributed by atoms with Crippen LogP contribution in [0.15, 0.2) is 76.8 Å². The maximum absolute atomic E-state index is 12.7. The molecule has 4 aromatic rings. The van der Waals surface area contributed by atoms with Gasteiger partial charge < -0.3 is 9.88 Å². The molecule has 1 aliphatic heterocycles. The van der Waals surface area contributed by atoms with E-state index in [2.05, 4.69) is 14.9 Å². The van der Waals surface area contributed by atoms with E-state index in [1.54, 1.807) is 24.3 Å². The van der Waals surface area contributed by atoms with E-state index in [4.69, 9.17) is 46.4 Å². The number of thioether (sulfide) groups is 1. The minimum atomic E-state index is -0.219. The second-order valence-corrected chi connectivity index (χ2v) is 10.2. The number of hydrogen-bond donors (Lipinski definition) is 1. The average Bonchev–Trinajstić information content (AvgIpc) is 3.34. The van der Waals surface area contributed by atoms with Crippen molar-refractivity contribution >= 4 is 91.9 Å². The summed E-state index contributed by atoms with van der Waals surface area (Å²) in [7, 11) is 0. The van der Waals surface area contributed by atoms with E-state index in [1.165, 1.54) is 11.8 Å². The molecule has 1 saturated heterocycles. The van der Waals surface area contributed by atoms with Gasteiger partial charge in [-0.2, -0.15) is 0 Å². The lowest BCUT2D eigenvalue weighted by Gasteiger charge is -2.06. The molecule has 2 heterocycles. The smallest absolute Gasteiger partial charge is 0.264 e. The Kier molecular flexibility index (Phi) is 6.65. The number of rotatable bonds is 4. The molecule has 0 saturated carbocycles. The zero-order valence-electron chi connectivity index (χ0n) is 17.4. The molecule has 1 fully saturated rings. The van der Waals surface area contributed by atoms with Gasteiger partial charge in [0.05, 0.1) is 30.7 Å². The lowest BCUT2D eigenvalue weighted by molar-refractivity contribution is -0.115. The highest BCUT2D eigenvalue weighted by Crippen LogP contribution is 2.35. The zero-order valence-corrected chi connectivity index (χ0v) is 21.2. The van der Waals surface area contributed by atoms with Crippen LogP contribution >= 0.6 is 58.2 Å². The van der Waals surface area contributed by atoms with Gasteiger partial charge >= 0.3 is 0 Å². The second-order valence-electron chi connectivity index (χ2n) is 7.53. The Bertz CT molecular complexity index is 1510. The predicted octanol–water partition coefficient (Wildman–Crippen LogP) is 8.19. The van der Waals surface area contributed by atoms with Gasteiger partial charge in [0.2, 0.25) is 0 Å². The van der Waals surface area contributed by atoms with Crippen molar-refractivity contribution in [2.24, 2.45) is 4.99 Å². The standard InChI is InChI=1S/C25H15Cl4N3OS/c26-17-9-8-14(10-19(17)28)12-32-13-15(16-4-1-2-7-21(16)32)11-22-24(33)31-25(34-22)30-20-6-3-5-18(27)23(20)29/h1-11,13H,12H2,(H,30,31,33)/b22-11+. The molecule has 34 heavy (non-hydrogen) atoms. The molecule has 1 aromatic heterocycles. The van der Waals surface area contributed by atoms with Crippen LogP contribution in [0.3, 0.4) is 0 Å². The number of fused-ring (bicyclic) bond motifs is 1. The second kappa shape index (κ2) is 9.68. The molecule has 0 spiro atoms. The molecule has 0 radical (unpaired) electrons. The van der Waals surface area contributed by atoms with Crippen molar-refractivity contribution in [3.8, 4) is 0 Å². The Morgan fingerprint density at radius 2 is 1.76 bits per heavy atom. The first-order valence-electron chi connectivity index (χ1n) is 10.1. The highest BCUT2D eigenvalue weighted by molar-refractivity contribution is 8.18. The quantitative estimate of drug-likeness (QED) is 0.262.